The number of aryl methyl sites for hydroxylation is 1. The Bertz CT molecular complexity index is 986. The van der Waals surface area contributed by atoms with Gasteiger partial charge in [-0.25, -0.2) is 4.68 Å². The summed E-state index contributed by atoms with van der Waals surface area (Å²) >= 11 is 0. The van der Waals surface area contributed by atoms with Crippen LogP contribution >= 0.6 is 0 Å². The normalized spacial score (nSPS) is 14.5. The maximum absolute atomic E-state index is 12.7. The minimum absolute atomic E-state index is 0.0261. The molecule has 2 N–H and O–H groups in total. The first-order chi connectivity index (χ1) is 14.6. The van der Waals surface area contributed by atoms with Gasteiger partial charge in [0.15, 0.2) is 0 Å². The van der Waals surface area contributed by atoms with Gasteiger partial charge in [-0.3, -0.25) is 4.79 Å². The van der Waals surface area contributed by atoms with Crippen molar-refractivity contribution in [2.24, 2.45) is 0 Å². The van der Waals surface area contributed by atoms with Crippen LogP contribution in [0.2, 0.25) is 0 Å². The van der Waals surface area contributed by atoms with Crippen LogP contribution in [0.3, 0.4) is 0 Å². The number of anilines is 2. The van der Waals surface area contributed by atoms with Crippen molar-refractivity contribution in [1.29, 1.82) is 0 Å². The van der Waals surface area contributed by atoms with Crippen LogP contribution in [0.15, 0.2) is 54.6 Å². The van der Waals surface area contributed by atoms with Crippen LogP contribution in [0.4, 0.5) is 11.4 Å². The molecule has 0 unspecified atom stereocenters. The molecule has 0 atom stereocenters. The minimum atomic E-state index is -0.0261. The zero-order valence-electron chi connectivity index (χ0n) is 17.8. The number of carbonyl (C=O) groups is 1. The van der Waals surface area contributed by atoms with Gasteiger partial charge < -0.3 is 10.6 Å². The van der Waals surface area contributed by atoms with E-state index in [9.17, 15) is 4.79 Å². The first-order valence-electron chi connectivity index (χ1n) is 10.9. The lowest BCUT2D eigenvalue weighted by Crippen LogP contribution is -2.22. The molecule has 1 saturated carbocycles. The van der Waals surface area contributed by atoms with E-state index >= 15 is 0 Å². The van der Waals surface area contributed by atoms with Crippen molar-refractivity contribution < 1.29 is 4.79 Å². The molecule has 156 valence electrons. The smallest absolute Gasteiger partial charge is 0.228 e. The Labute approximate surface area is 178 Å². The van der Waals surface area contributed by atoms with E-state index in [1.54, 1.807) is 0 Å². The molecule has 0 spiro atoms. The van der Waals surface area contributed by atoms with Crippen LogP contribution in [0.25, 0.3) is 5.69 Å². The van der Waals surface area contributed by atoms with E-state index in [0.717, 1.165) is 34.0 Å². The molecule has 0 aliphatic heterocycles. The summed E-state index contributed by atoms with van der Waals surface area (Å²) in [7, 11) is 0. The van der Waals surface area contributed by atoms with Gasteiger partial charge >= 0.3 is 0 Å². The largest absolute Gasteiger partial charge is 0.382 e. The highest BCUT2D eigenvalue weighted by Crippen LogP contribution is 2.23. The number of hydrogen-bond acceptors (Lipinski definition) is 3. The summed E-state index contributed by atoms with van der Waals surface area (Å²) in [6.45, 7) is 3.97. The zero-order chi connectivity index (χ0) is 20.9. The van der Waals surface area contributed by atoms with Crippen molar-refractivity contribution in [2.75, 3.05) is 10.6 Å². The molecule has 0 radical (unpaired) electrons. The Morgan fingerprint density at radius 2 is 1.63 bits per heavy atom. The molecular formula is C25H30N4O. The molecular weight excluding hydrogens is 372 g/mol. The highest BCUT2D eigenvalue weighted by molar-refractivity contribution is 5.92. The van der Waals surface area contributed by atoms with Gasteiger partial charge in [0.1, 0.15) is 0 Å². The third-order valence-electron chi connectivity index (χ3n) is 5.92. The van der Waals surface area contributed by atoms with Crippen LogP contribution in [0.1, 0.15) is 49.1 Å². The number of amides is 1. The topological polar surface area (TPSA) is 59.0 Å². The van der Waals surface area contributed by atoms with E-state index in [4.69, 9.17) is 0 Å². The lowest BCUT2D eigenvalue weighted by Gasteiger charge is -2.23. The molecule has 5 heteroatoms. The predicted molar refractivity (Wildman–Crippen MR) is 122 cm³/mol. The summed E-state index contributed by atoms with van der Waals surface area (Å²) in [5, 5.41) is 11.3. The summed E-state index contributed by atoms with van der Waals surface area (Å²) < 4.78 is 1.91. The van der Waals surface area contributed by atoms with Gasteiger partial charge in [0.25, 0.3) is 0 Å². The predicted octanol–water partition coefficient (Wildman–Crippen LogP) is 5.41. The monoisotopic (exact) mass is 402 g/mol. The second-order valence-corrected chi connectivity index (χ2v) is 8.18. The SMILES string of the molecule is Cc1nn(-c2ccccc2)c(C)c1CC(=O)Nc1ccc(NC2CCCCC2)cc1. The Morgan fingerprint density at radius 1 is 0.967 bits per heavy atom. The van der Waals surface area contributed by atoms with Crippen LogP contribution < -0.4 is 10.6 Å². The third-order valence-corrected chi connectivity index (χ3v) is 5.92. The Kier molecular flexibility index (Phi) is 6.17. The molecule has 0 saturated heterocycles. The number of nitrogens with one attached hydrogen (secondary N) is 2. The standard InChI is InChI=1S/C25H30N4O/c1-18-24(19(2)29(28-18)23-11-7-4-8-12-23)17-25(30)27-22-15-13-21(14-16-22)26-20-9-5-3-6-10-20/h4,7-8,11-16,20,26H,3,5-6,9-10,17H2,1-2H3,(H,27,30). The van der Waals surface area contributed by atoms with Gasteiger partial charge in [-0.2, -0.15) is 5.10 Å². The summed E-state index contributed by atoms with van der Waals surface area (Å²) in [5.74, 6) is -0.0261. The second kappa shape index (κ2) is 9.16. The molecule has 0 bridgehead atoms. The first-order valence-corrected chi connectivity index (χ1v) is 10.9. The molecule has 1 aromatic heterocycles. The maximum atomic E-state index is 12.7. The number of carbonyl (C=O) groups excluding carboxylic acids is 1. The van der Waals surface area contributed by atoms with Crippen molar-refractivity contribution in [3.8, 4) is 5.69 Å². The average Bonchev–Trinajstić information content (AvgIpc) is 3.05. The van der Waals surface area contributed by atoms with E-state index in [-0.39, 0.29) is 5.91 Å². The number of aromatic nitrogens is 2. The fourth-order valence-electron chi connectivity index (χ4n) is 4.25. The van der Waals surface area contributed by atoms with Crippen molar-refractivity contribution in [3.05, 3.63) is 71.5 Å². The van der Waals surface area contributed by atoms with Crippen molar-refractivity contribution in [1.82, 2.24) is 9.78 Å². The molecule has 1 fully saturated rings. The Morgan fingerprint density at radius 3 is 2.33 bits per heavy atom. The number of rotatable bonds is 6. The number of para-hydroxylation sites is 1. The quantitative estimate of drug-likeness (QED) is 0.579. The third kappa shape index (κ3) is 4.73. The molecule has 5 nitrogen and oxygen atoms in total. The fourth-order valence-corrected chi connectivity index (χ4v) is 4.25. The molecule has 4 rings (SSSR count). The molecule has 2 aromatic carbocycles. The minimum Gasteiger partial charge on any atom is -0.382 e. The first kappa shape index (κ1) is 20.2. The van der Waals surface area contributed by atoms with Crippen LogP contribution in [-0.2, 0) is 11.2 Å². The summed E-state index contributed by atoms with van der Waals surface area (Å²) in [6, 6.07) is 18.6. The molecule has 1 aliphatic carbocycles. The second-order valence-electron chi connectivity index (χ2n) is 8.18. The maximum Gasteiger partial charge on any atom is 0.228 e. The van der Waals surface area contributed by atoms with Gasteiger partial charge in [0.05, 0.1) is 17.8 Å². The Balaban J connectivity index is 1.38. The van der Waals surface area contributed by atoms with E-state index < -0.39 is 0 Å². The van der Waals surface area contributed by atoms with Gasteiger partial charge in [-0.1, -0.05) is 37.5 Å². The molecule has 30 heavy (non-hydrogen) atoms. The number of hydrogen-bond donors (Lipinski definition) is 2. The van der Waals surface area contributed by atoms with Crippen molar-refractivity contribution in [2.45, 2.75) is 58.4 Å². The summed E-state index contributed by atoms with van der Waals surface area (Å²) in [4.78, 5) is 12.7. The van der Waals surface area contributed by atoms with E-state index in [1.165, 1.54) is 32.1 Å². The highest BCUT2D eigenvalue weighted by Gasteiger charge is 2.16. The Hall–Kier alpha value is -3.08. The lowest BCUT2D eigenvalue weighted by molar-refractivity contribution is -0.115. The van der Waals surface area contributed by atoms with E-state index in [0.29, 0.717) is 12.5 Å². The number of nitrogens with zero attached hydrogens (tertiary/aromatic N) is 2. The molecule has 3 aromatic rings. The van der Waals surface area contributed by atoms with E-state index in [2.05, 4.69) is 15.7 Å². The molecule has 1 aliphatic rings. The fraction of sp³-hybridized carbons (Fsp3) is 0.360. The number of benzene rings is 2. The van der Waals surface area contributed by atoms with Crippen LogP contribution in [-0.4, -0.2) is 21.7 Å². The average molecular weight is 403 g/mol. The molecule has 1 heterocycles. The summed E-state index contributed by atoms with van der Waals surface area (Å²) in [5.41, 5.74) is 5.81. The van der Waals surface area contributed by atoms with Gasteiger partial charge in [-0.05, 0) is 63.1 Å². The zero-order valence-corrected chi connectivity index (χ0v) is 17.8. The summed E-state index contributed by atoms with van der Waals surface area (Å²) in [6.07, 6.45) is 6.78. The lowest BCUT2D eigenvalue weighted by atomic mass is 9.95. The van der Waals surface area contributed by atoms with E-state index in [1.807, 2.05) is 73.1 Å². The van der Waals surface area contributed by atoms with Gasteiger partial charge in [0.2, 0.25) is 5.91 Å². The van der Waals surface area contributed by atoms with Crippen molar-refractivity contribution in [3.63, 3.8) is 0 Å². The van der Waals surface area contributed by atoms with Gasteiger partial charge in [0, 0.05) is 28.7 Å². The van der Waals surface area contributed by atoms with Crippen LogP contribution in [0.5, 0.6) is 0 Å². The molecule has 1 amide bonds. The van der Waals surface area contributed by atoms with Crippen molar-refractivity contribution >= 4 is 17.3 Å². The van der Waals surface area contributed by atoms with Gasteiger partial charge in [-0.15, -0.1) is 0 Å². The highest BCUT2D eigenvalue weighted by atomic mass is 16.1. The van der Waals surface area contributed by atoms with Crippen LogP contribution in [0, 0.1) is 13.8 Å².